The van der Waals surface area contributed by atoms with E-state index in [0.717, 1.165) is 16.7 Å². The first kappa shape index (κ1) is 43.2. The highest BCUT2D eigenvalue weighted by molar-refractivity contribution is 7.44. The molecule has 0 saturated carbocycles. The number of nitrogen functional groups attached to an aromatic ring is 1. The number of hydrogen-bond donors (Lipinski definition) is 1. The van der Waals surface area contributed by atoms with Gasteiger partial charge in [0.15, 0.2) is 6.23 Å². The van der Waals surface area contributed by atoms with Gasteiger partial charge in [-0.2, -0.15) is 15.5 Å². The van der Waals surface area contributed by atoms with Gasteiger partial charge in [-0.05, 0) is 74.7 Å². The molecular weight excluding hydrogens is 747 g/mol. The van der Waals surface area contributed by atoms with Gasteiger partial charge < -0.3 is 38.5 Å². The lowest BCUT2D eigenvalue weighted by Gasteiger charge is -2.39. The summed E-state index contributed by atoms with van der Waals surface area (Å²) < 4.78 is 48.3. The maximum Gasteiger partial charge on any atom is 0.351 e. The predicted molar refractivity (Wildman–Crippen MR) is 215 cm³/mol. The van der Waals surface area contributed by atoms with E-state index in [1.807, 2.05) is 107 Å². The lowest BCUT2D eigenvalue weighted by molar-refractivity contribution is -0.0974. The zero-order valence-corrected chi connectivity index (χ0v) is 34.1. The smallest absolute Gasteiger partial charge is 0.351 e. The van der Waals surface area contributed by atoms with Crippen LogP contribution in [0.1, 0.15) is 63.5 Å². The van der Waals surface area contributed by atoms with Gasteiger partial charge in [-0.1, -0.05) is 54.6 Å². The van der Waals surface area contributed by atoms with Crippen LogP contribution in [-0.2, 0) is 28.9 Å². The lowest BCUT2D eigenvalue weighted by Crippen LogP contribution is -2.43. The second-order valence-corrected chi connectivity index (χ2v) is 15.2. The Bertz CT molecular complexity index is 1950. The van der Waals surface area contributed by atoms with Crippen LogP contribution in [0.4, 0.5) is 5.82 Å². The van der Waals surface area contributed by atoms with E-state index >= 15 is 0 Å². The van der Waals surface area contributed by atoms with Crippen molar-refractivity contribution in [1.82, 2.24) is 14.2 Å². The SMILES string of the molecule is COc1ccc(C(OC[C@H]2O[C@@H](n3ccc(N)nc3=O)[C@H](OCCC#N)[C@@H]2OP(OCCC#N)N(C(C)C)C(C)C)(c2ccccc2)c2ccc(OC)cc2)cc1. The van der Waals surface area contributed by atoms with E-state index in [-0.39, 0.29) is 50.6 Å². The maximum atomic E-state index is 13.4. The third-order valence-electron chi connectivity index (χ3n) is 9.45. The molecule has 2 heterocycles. The summed E-state index contributed by atoms with van der Waals surface area (Å²) in [6, 6.07) is 31.0. The van der Waals surface area contributed by atoms with Gasteiger partial charge in [-0.15, -0.1) is 0 Å². The van der Waals surface area contributed by atoms with Gasteiger partial charge >= 0.3 is 5.69 Å². The molecular formula is C42H51N6O8P. The molecule has 4 aromatic rings. The molecule has 1 unspecified atom stereocenters. The Morgan fingerprint density at radius 3 is 1.93 bits per heavy atom. The van der Waals surface area contributed by atoms with Crippen molar-refractivity contribution in [2.75, 3.05) is 39.8 Å². The fraction of sp³-hybridized carbons (Fsp3) is 0.429. The third-order valence-corrected chi connectivity index (χ3v) is 11.6. The summed E-state index contributed by atoms with van der Waals surface area (Å²) >= 11 is 0. The van der Waals surface area contributed by atoms with Crippen molar-refractivity contribution < 1.29 is 32.7 Å². The number of anilines is 1. The van der Waals surface area contributed by atoms with Gasteiger partial charge in [0.1, 0.15) is 41.2 Å². The Kier molecular flexibility index (Phi) is 15.6. The Morgan fingerprint density at radius 1 is 0.842 bits per heavy atom. The van der Waals surface area contributed by atoms with E-state index in [0.29, 0.717) is 11.5 Å². The van der Waals surface area contributed by atoms with Crippen molar-refractivity contribution in [1.29, 1.82) is 10.5 Å². The van der Waals surface area contributed by atoms with E-state index in [9.17, 15) is 15.3 Å². The molecule has 2 N–H and O–H groups in total. The minimum Gasteiger partial charge on any atom is -0.497 e. The zero-order valence-electron chi connectivity index (χ0n) is 33.2. The number of nitriles is 2. The number of aromatic nitrogens is 2. The number of ether oxygens (including phenoxy) is 5. The second-order valence-electron chi connectivity index (χ2n) is 13.8. The molecule has 5 rings (SSSR count). The van der Waals surface area contributed by atoms with Crippen LogP contribution in [0.3, 0.4) is 0 Å². The van der Waals surface area contributed by atoms with Crippen LogP contribution in [0, 0.1) is 22.7 Å². The first-order valence-electron chi connectivity index (χ1n) is 18.8. The first-order chi connectivity index (χ1) is 27.6. The number of methoxy groups -OCH3 is 2. The minimum atomic E-state index is -1.83. The summed E-state index contributed by atoms with van der Waals surface area (Å²) in [5, 5.41) is 18.9. The number of hydrogen-bond acceptors (Lipinski definition) is 13. The third kappa shape index (κ3) is 10.2. The van der Waals surface area contributed by atoms with Crippen molar-refractivity contribution in [3.8, 4) is 23.6 Å². The average Bonchev–Trinajstić information content (AvgIpc) is 3.54. The normalized spacial score (nSPS) is 18.7. The molecule has 0 amide bonds. The summed E-state index contributed by atoms with van der Waals surface area (Å²) in [5.41, 5.74) is 6.48. The predicted octanol–water partition coefficient (Wildman–Crippen LogP) is 6.71. The summed E-state index contributed by atoms with van der Waals surface area (Å²) in [4.78, 5) is 17.4. The van der Waals surface area contributed by atoms with Crippen LogP contribution >= 0.6 is 8.53 Å². The van der Waals surface area contributed by atoms with Gasteiger partial charge in [0.25, 0.3) is 8.53 Å². The van der Waals surface area contributed by atoms with Crippen molar-refractivity contribution in [3.63, 3.8) is 0 Å². The summed E-state index contributed by atoms with van der Waals surface area (Å²) in [5.74, 6) is 1.40. The molecule has 0 spiro atoms. The van der Waals surface area contributed by atoms with E-state index in [2.05, 4.69) is 21.8 Å². The molecule has 15 heteroatoms. The summed E-state index contributed by atoms with van der Waals surface area (Å²) in [6.45, 7) is 8.25. The molecule has 1 aliphatic heterocycles. The maximum absolute atomic E-state index is 13.4. The highest BCUT2D eigenvalue weighted by atomic mass is 31.2. The summed E-state index contributed by atoms with van der Waals surface area (Å²) in [6.07, 6.45) is -2.05. The van der Waals surface area contributed by atoms with Gasteiger partial charge in [-0.25, -0.2) is 9.46 Å². The molecule has 14 nitrogen and oxygen atoms in total. The van der Waals surface area contributed by atoms with E-state index in [1.54, 1.807) is 14.2 Å². The molecule has 1 saturated heterocycles. The largest absolute Gasteiger partial charge is 0.497 e. The van der Waals surface area contributed by atoms with Crippen molar-refractivity contribution >= 4 is 14.3 Å². The van der Waals surface area contributed by atoms with E-state index in [1.165, 1.54) is 16.8 Å². The highest BCUT2D eigenvalue weighted by Gasteiger charge is 2.51. The molecule has 0 aliphatic carbocycles. The van der Waals surface area contributed by atoms with Crippen LogP contribution < -0.4 is 20.9 Å². The molecule has 1 aromatic heterocycles. The highest BCUT2D eigenvalue weighted by Crippen LogP contribution is 2.51. The van der Waals surface area contributed by atoms with Crippen molar-refractivity contribution in [2.45, 2.75) is 82.8 Å². The standard InChI is InChI=1S/C42H51N6O8P/c1-29(2)48(30(3)4)57(54-27-11-24-44)56-38-36(55-40(39(38)52-26-10-23-43)47-25-22-37(45)46-41(47)49)28-53-42(31-12-8-7-9-13-31,32-14-18-34(50-5)19-15-32)33-16-20-35(51-6)21-17-33/h7-9,12-22,25,29-30,36,38-40H,10-11,26-28H2,1-6H3,(H2,45,46,49)/t36-,38-,39-,40-,57?/m1/s1. The van der Waals surface area contributed by atoms with Crippen LogP contribution in [0.25, 0.3) is 0 Å². The second kappa shape index (κ2) is 20.5. The Morgan fingerprint density at radius 2 is 1.40 bits per heavy atom. The molecule has 57 heavy (non-hydrogen) atoms. The van der Waals surface area contributed by atoms with Gasteiger partial charge in [0.05, 0.1) is 59.0 Å². The average molecular weight is 799 g/mol. The Hall–Kier alpha value is -4.89. The van der Waals surface area contributed by atoms with Crippen LogP contribution in [0.15, 0.2) is 95.9 Å². The Labute approximate surface area is 335 Å². The quantitative estimate of drug-likeness (QED) is 0.0568. The fourth-order valence-corrected chi connectivity index (χ4v) is 8.68. The monoisotopic (exact) mass is 798 g/mol. The lowest BCUT2D eigenvalue weighted by atomic mass is 9.80. The number of nitrogens with zero attached hydrogens (tertiary/aromatic N) is 5. The molecule has 0 radical (unpaired) electrons. The van der Waals surface area contributed by atoms with Gasteiger partial charge in [-0.3, -0.25) is 4.57 Å². The number of benzene rings is 3. The number of nitrogens with two attached hydrogens (primary N) is 1. The Balaban J connectivity index is 1.67. The van der Waals surface area contributed by atoms with E-state index < -0.39 is 44.4 Å². The fourth-order valence-electron chi connectivity index (χ4n) is 6.91. The molecule has 5 atom stereocenters. The topological polar surface area (TPSA) is 176 Å². The zero-order chi connectivity index (χ0) is 41.0. The summed E-state index contributed by atoms with van der Waals surface area (Å²) in [7, 11) is 1.40. The molecule has 3 aromatic carbocycles. The van der Waals surface area contributed by atoms with Gasteiger partial charge in [0.2, 0.25) is 0 Å². The van der Waals surface area contributed by atoms with Crippen molar-refractivity contribution in [3.05, 3.63) is 118 Å². The molecule has 302 valence electrons. The van der Waals surface area contributed by atoms with Crippen molar-refractivity contribution in [2.24, 2.45) is 0 Å². The van der Waals surface area contributed by atoms with E-state index in [4.69, 9.17) is 38.5 Å². The molecule has 1 fully saturated rings. The molecule has 0 bridgehead atoms. The minimum absolute atomic E-state index is 0.0104. The van der Waals surface area contributed by atoms with Gasteiger partial charge in [0, 0.05) is 18.3 Å². The molecule has 1 aliphatic rings. The van der Waals surface area contributed by atoms with Crippen LogP contribution in [-0.4, -0.2) is 78.7 Å². The van der Waals surface area contributed by atoms with Crippen LogP contribution in [0.2, 0.25) is 0 Å². The van der Waals surface area contributed by atoms with Crippen LogP contribution in [0.5, 0.6) is 11.5 Å². The number of rotatable bonds is 20. The first-order valence-corrected chi connectivity index (χ1v) is 19.9.